The molecule has 2 heterocycles. The second-order valence-corrected chi connectivity index (χ2v) is 5.54. The number of alkyl halides is 2. The van der Waals surface area contributed by atoms with Gasteiger partial charge in [-0.1, -0.05) is 45.2 Å². The van der Waals surface area contributed by atoms with E-state index in [0.717, 1.165) is 21.7 Å². The molecule has 0 radical (unpaired) electrons. The van der Waals surface area contributed by atoms with E-state index in [0.29, 0.717) is 12.2 Å². The van der Waals surface area contributed by atoms with Crippen LogP contribution >= 0.6 is 45.2 Å². The maximum absolute atomic E-state index is 5.96. The molecule has 2 rings (SSSR count). The van der Waals surface area contributed by atoms with E-state index in [1.165, 1.54) is 12.8 Å². The van der Waals surface area contributed by atoms with Crippen molar-refractivity contribution >= 4 is 45.2 Å². The van der Waals surface area contributed by atoms with Crippen molar-refractivity contribution in [2.75, 3.05) is 8.86 Å². The van der Waals surface area contributed by atoms with E-state index in [1.54, 1.807) is 0 Å². The Balaban J connectivity index is 1.93. The summed E-state index contributed by atoms with van der Waals surface area (Å²) in [5.41, 5.74) is 0. The van der Waals surface area contributed by atoms with Crippen molar-refractivity contribution in [1.82, 2.24) is 0 Å². The maximum Gasteiger partial charge on any atom is 0.169 e. The van der Waals surface area contributed by atoms with Crippen molar-refractivity contribution in [2.24, 2.45) is 0 Å². The quantitative estimate of drug-likeness (QED) is 0.517. The van der Waals surface area contributed by atoms with Crippen LogP contribution in [0.25, 0.3) is 0 Å². The van der Waals surface area contributed by atoms with Crippen LogP contribution in [0.2, 0.25) is 0 Å². The molecule has 76 valence electrons. The van der Waals surface area contributed by atoms with Gasteiger partial charge in [-0.2, -0.15) is 0 Å². The monoisotopic (exact) mass is 408 g/mol. The highest BCUT2D eigenvalue weighted by Crippen LogP contribution is 2.42. The molecule has 1 unspecified atom stereocenters. The number of halogens is 2. The third kappa shape index (κ3) is 2.31. The van der Waals surface area contributed by atoms with Crippen molar-refractivity contribution in [1.29, 1.82) is 0 Å². The first-order valence-corrected chi connectivity index (χ1v) is 7.81. The van der Waals surface area contributed by atoms with Crippen LogP contribution in [-0.4, -0.2) is 26.9 Å². The lowest BCUT2D eigenvalue weighted by atomic mass is 10.1. The Labute approximate surface area is 106 Å². The first kappa shape index (κ1) is 10.9. The average Bonchev–Trinajstić information content (AvgIpc) is 2.74. The van der Waals surface area contributed by atoms with Crippen LogP contribution in [0.3, 0.4) is 0 Å². The predicted molar refractivity (Wildman–Crippen MR) is 68.7 cm³/mol. The summed E-state index contributed by atoms with van der Waals surface area (Å²) in [6.07, 6.45) is 5.44. The van der Waals surface area contributed by atoms with Crippen LogP contribution in [0.4, 0.5) is 0 Å². The molecule has 13 heavy (non-hydrogen) atoms. The molecule has 0 bridgehead atoms. The topological polar surface area (TPSA) is 18.5 Å². The van der Waals surface area contributed by atoms with E-state index in [9.17, 15) is 0 Å². The number of rotatable bonds is 2. The molecule has 4 heteroatoms. The zero-order chi connectivity index (χ0) is 9.31. The highest BCUT2D eigenvalue weighted by molar-refractivity contribution is 14.1. The lowest BCUT2D eigenvalue weighted by molar-refractivity contribution is -0.208. The largest absolute Gasteiger partial charge is 0.346 e. The summed E-state index contributed by atoms with van der Waals surface area (Å²) >= 11 is 4.78. The summed E-state index contributed by atoms with van der Waals surface area (Å²) in [6, 6.07) is 0. The smallest absolute Gasteiger partial charge is 0.169 e. The molecule has 2 aliphatic rings. The van der Waals surface area contributed by atoms with Crippen LogP contribution in [0.5, 0.6) is 0 Å². The summed E-state index contributed by atoms with van der Waals surface area (Å²) in [5.74, 6) is -0.175. The molecule has 3 atom stereocenters. The van der Waals surface area contributed by atoms with Gasteiger partial charge in [-0.15, -0.1) is 0 Å². The first-order valence-electron chi connectivity index (χ1n) is 4.75. The van der Waals surface area contributed by atoms with Crippen LogP contribution in [0.15, 0.2) is 0 Å². The molecule has 2 aliphatic heterocycles. The zero-order valence-electron chi connectivity index (χ0n) is 7.47. The average molecular weight is 408 g/mol. The lowest BCUT2D eigenvalue weighted by Gasteiger charge is -2.24. The first-order chi connectivity index (χ1) is 6.28. The summed E-state index contributed by atoms with van der Waals surface area (Å²) in [4.78, 5) is 0. The SMILES string of the molecule is IC[C@@H]1CCC2(CC[C@H](CI)O2)O1. The van der Waals surface area contributed by atoms with E-state index in [1.807, 2.05) is 0 Å². The second kappa shape index (κ2) is 4.49. The molecule has 0 aromatic heterocycles. The van der Waals surface area contributed by atoms with Crippen LogP contribution in [0, 0.1) is 0 Å². The van der Waals surface area contributed by atoms with Crippen molar-refractivity contribution in [3.8, 4) is 0 Å². The molecule has 2 fully saturated rings. The Morgan fingerprint density at radius 2 is 1.46 bits per heavy atom. The highest BCUT2D eigenvalue weighted by Gasteiger charge is 2.46. The van der Waals surface area contributed by atoms with Gasteiger partial charge in [0.05, 0.1) is 12.2 Å². The maximum atomic E-state index is 5.96. The summed E-state index contributed by atoms with van der Waals surface area (Å²) in [6.45, 7) is 0. The Morgan fingerprint density at radius 1 is 1.00 bits per heavy atom. The van der Waals surface area contributed by atoms with Crippen molar-refractivity contribution in [2.45, 2.75) is 43.7 Å². The minimum atomic E-state index is -0.175. The lowest BCUT2D eigenvalue weighted by Crippen LogP contribution is -2.29. The molecular weight excluding hydrogens is 394 g/mol. The van der Waals surface area contributed by atoms with Gasteiger partial charge < -0.3 is 9.47 Å². The van der Waals surface area contributed by atoms with E-state index < -0.39 is 0 Å². The molecule has 0 saturated carbocycles. The van der Waals surface area contributed by atoms with Crippen molar-refractivity contribution < 1.29 is 9.47 Å². The molecule has 0 N–H and O–H groups in total. The molecular formula is C9H14I2O2. The zero-order valence-corrected chi connectivity index (χ0v) is 11.8. The van der Waals surface area contributed by atoms with Gasteiger partial charge in [0.15, 0.2) is 5.79 Å². The number of ether oxygens (including phenoxy) is 2. The molecule has 0 aliphatic carbocycles. The third-order valence-electron chi connectivity index (χ3n) is 2.80. The summed E-state index contributed by atoms with van der Waals surface area (Å²) < 4.78 is 14.1. The van der Waals surface area contributed by atoms with Gasteiger partial charge in [-0.05, 0) is 12.8 Å². The summed E-state index contributed by atoms with van der Waals surface area (Å²) in [5, 5.41) is 0. The second-order valence-electron chi connectivity index (χ2n) is 3.78. The molecule has 0 aromatic rings. The third-order valence-corrected chi connectivity index (χ3v) is 4.77. The van der Waals surface area contributed by atoms with E-state index in [-0.39, 0.29) is 5.79 Å². The molecule has 0 aromatic carbocycles. The van der Waals surface area contributed by atoms with Gasteiger partial charge in [0.1, 0.15) is 0 Å². The minimum absolute atomic E-state index is 0.175. The predicted octanol–water partition coefficient (Wildman–Crippen LogP) is 2.91. The van der Waals surface area contributed by atoms with Gasteiger partial charge in [0, 0.05) is 21.7 Å². The fraction of sp³-hybridized carbons (Fsp3) is 1.00. The van der Waals surface area contributed by atoms with Gasteiger partial charge in [-0.3, -0.25) is 0 Å². The Bertz CT molecular complexity index is 166. The standard InChI is InChI=1S/C9H14I2O2/c10-5-7-1-3-9(12-7)4-2-8(6-11)13-9/h7-8H,1-6H2/t7-,8+,9?. The van der Waals surface area contributed by atoms with E-state index in [4.69, 9.17) is 9.47 Å². The van der Waals surface area contributed by atoms with Gasteiger partial charge in [0.25, 0.3) is 0 Å². The molecule has 0 amide bonds. The molecule has 1 spiro atoms. The molecule has 2 nitrogen and oxygen atoms in total. The fourth-order valence-electron chi connectivity index (χ4n) is 2.09. The Morgan fingerprint density at radius 3 is 1.77 bits per heavy atom. The normalized spacial score (nSPS) is 44.8. The minimum Gasteiger partial charge on any atom is -0.346 e. The summed E-state index contributed by atoms with van der Waals surface area (Å²) in [7, 11) is 0. The van der Waals surface area contributed by atoms with Crippen LogP contribution in [0.1, 0.15) is 25.7 Å². The van der Waals surface area contributed by atoms with Gasteiger partial charge in [-0.25, -0.2) is 0 Å². The van der Waals surface area contributed by atoms with E-state index in [2.05, 4.69) is 45.2 Å². The number of hydrogen-bond donors (Lipinski definition) is 0. The fourth-order valence-corrected chi connectivity index (χ4v) is 3.33. The highest BCUT2D eigenvalue weighted by atomic mass is 127. The van der Waals surface area contributed by atoms with Gasteiger partial charge >= 0.3 is 0 Å². The van der Waals surface area contributed by atoms with Crippen molar-refractivity contribution in [3.05, 3.63) is 0 Å². The Kier molecular flexibility index (Phi) is 3.76. The van der Waals surface area contributed by atoms with Crippen LogP contribution < -0.4 is 0 Å². The number of hydrogen-bond acceptors (Lipinski definition) is 2. The van der Waals surface area contributed by atoms with Gasteiger partial charge in [0.2, 0.25) is 0 Å². The molecule has 2 saturated heterocycles. The van der Waals surface area contributed by atoms with E-state index >= 15 is 0 Å². The van der Waals surface area contributed by atoms with Crippen molar-refractivity contribution in [3.63, 3.8) is 0 Å². The Hall–Kier alpha value is 1.38. The van der Waals surface area contributed by atoms with Crippen LogP contribution in [-0.2, 0) is 9.47 Å².